The van der Waals surface area contributed by atoms with E-state index in [1.54, 1.807) is 0 Å². The Bertz CT molecular complexity index is 1720. The van der Waals surface area contributed by atoms with Gasteiger partial charge in [0.25, 0.3) is 0 Å². The van der Waals surface area contributed by atoms with Crippen LogP contribution in [0.15, 0.2) is 0 Å². The number of phosphoric acid groups is 2. The summed E-state index contributed by atoms with van der Waals surface area (Å²) in [5, 5.41) is 10.6. The Morgan fingerprint density at radius 3 is 0.773 bits per heavy atom. The Morgan fingerprint density at radius 1 is 0.307 bits per heavy atom. The molecule has 0 saturated carbocycles. The predicted octanol–water partition coefficient (Wildman–Crippen LogP) is 19.6. The van der Waals surface area contributed by atoms with E-state index in [1.807, 2.05) is 0 Å². The van der Waals surface area contributed by atoms with Crippen molar-refractivity contribution in [2.24, 2.45) is 11.8 Å². The van der Waals surface area contributed by atoms with Crippen LogP contribution in [-0.4, -0.2) is 96.7 Å². The van der Waals surface area contributed by atoms with Crippen molar-refractivity contribution in [3.8, 4) is 0 Å². The lowest BCUT2D eigenvalue weighted by Crippen LogP contribution is -2.30. The first-order valence-electron chi connectivity index (χ1n) is 36.0. The highest BCUT2D eigenvalue weighted by Gasteiger charge is 2.30. The Morgan fingerprint density at radius 2 is 0.523 bits per heavy atom. The van der Waals surface area contributed by atoms with Crippen molar-refractivity contribution < 1.29 is 80.2 Å². The lowest BCUT2D eigenvalue weighted by molar-refractivity contribution is -0.161. The molecule has 88 heavy (non-hydrogen) atoms. The Kier molecular flexibility index (Phi) is 59.9. The van der Waals surface area contributed by atoms with Gasteiger partial charge in [0.2, 0.25) is 0 Å². The molecule has 0 spiro atoms. The van der Waals surface area contributed by atoms with E-state index in [0.29, 0.717) is 25.7 Å². The number of ether oxygens (including phenoxy) is 4. The lowest BCUT2D eigenvalue weighted by atomic mass is 10.0. The van der Waals surface area contributed by atoms with Gasteiger partial charge in [-0.25, -0.2) is 9.13 Å². The van der Waals surface area contributed by atoms with Crippen molar-refractivity contribution in [2.75, 3.05) is 39.6 Å². The van der Waals surface area contributed by atoms with Crippen molar-refractivity contribution in [3.05, 3.63) is 0 Å². The van der Waals surface area contributed by atoms with Crippen LogP contribution in [-0.2, 0) is 65.4 Å². The van der Waals surface area contributed by atoms with Crippen LogP contribution in [0.4, 0.5) is 0 Å². The highest BCUT2D eigenvalue weighted by atomic mass is 31.2. The average Bonchev–Trinajstić information content (AvgIpc) is 3.58. The molecule has 0 aliphatic heterocycles. The summed E-state index contributed by atoms with van der Waals surface area (Å²) in [5.74, 6) is -0.621. The number of aliphatic hydroxyl groups is 1. The van der Waals surface area contributed by atoms with E-state index in [9.17, 15) is 43.2 Å². The maximum atomic E-state index is 13.0. The van der Waals surface area contributed by atoms with Gasteiger partial charge in [-0.15, -0.1) is 0 Å². The molecule has 17 nitrogen and oxygen atoms in total. The maximum absolute atomic E-state index is 13.0. The molecule has 0 aliphatic carbocycles. The SMILES string of the molecule is CCCCCCCCCCCCCCCCCC(=O)O[C@H](COC(=O)CCCCCCCCCCCCCC(C)C)COP(=O)(O)OC[C@@H](O)COP(=O)(O)OC[C@@H](COC(=O)CCCCCCCCC)OC(=O)CCCCCCCCCCCC(C)C. The van der Waals surface area contributed by atoms with Crippen LogP contribution >= 0.6 is 15.6 Å². The summed E-state index contributed by atoms with van der Waals surface area (Å²) < 4.78 is 68.2. The minimum absolute atomic E-state index is 0.105. The molecule has 19 heteroatoms. The molecule has 0 aliphatic rings. The second-order valence-corrected chi connectivity index (χ2v) is 28.8. The zero-order chi connectivity index (χ0) is 65.0. The molecule has 3 N–H and O–H groups in total. The number of hydrogen-bond acceptors (Lipinski definition) is 15. The molecule has 522 valence electrons. The zero-order valence-corrected chi connectivity index (χ0v) is 58.8. The van der Waals surface area contributed by atoms with Crippen molar-refractivity contribution in [1.29, 1.82) is 0 Å². The van der Waals surface area contributed by atoms with E-state index in [1.165, 1.54) is 154 Å². The topological polar surface area (TPSA) is 237 Å². The van der Waals surface area contributed by atoms with Crippen LogP contribution in [0, 0.1) is 11.8 Å². The third-order valence-corrected chi connectivity index (χ3v) is 17.9. The highest BCUT2D eigenvalue weighted by molar-refractivity contribution is 7.47. The Hall–Kier alpha value is -1.94. The first-order chi connectivity index (χ1) is 42.4. The van der Waals surface area contributed by atoms with Gasteiger partial charge in [0, 0.05) is 25.7 Å². The standard InChI is InChI=1S/C69H134O17P2/c1-7-9-11-13-15-16-17-18-19-20-23-29-35-41-47-53-68(73)86-65(58-80-67(72)52-46-40-34-28-24-21-22-26-32-37-43-49-61(3)4)60-84-88(77,78)82-56-63(70)55-81-87(75,76)83-59-64(57-79-66(71)51-45-39-31-14-12-10-8-2)85-69(74)54-48-42-36-30-25-27-33-38-44-50-62(5)6/h61-65,70H,7-60H2,1-6H3,(H,75,76)(H,77,78)/t63-,64+,65+/m0/s1. The second-order valence-electron chi connectivity index (χ2n) is 25.9. The second kappa shape index (κ2) is 61.3. The number of hydrogen-bond donors (Lipinski definition) is 3. The Labute approximate surface area is 537 Å². The first kappa shape index (κ1) is 86.1. The van der Waals surface area contributed by atoms with Gasteiger partial charge in [-0.2, -0.15) is 0 Å². The van der Waals surface area contributed by atoms with Gasteiger partial charge in [-0.3, -0.25) is 37.3 Å². The fourth-order valence-corrected chi connectivity index (χ4v) is 12.0. The van der Waals surface area contributed by atoms with Gasteiger partial charge in [0.15, 0.2) is 12.2 Å². The van der Waals surface area contributed by atoms with Crippen LogP contribution in [0.3, 0.4) is 0 Å². The van der Waals surface area contributed by atoms with Gasteiger partial charge in [0.05, 0.1) is 26.4 Å². The molecule has 0 rings (SSSR count). The molecule has 0 bridgehead atoms. The largest absolute Gasteiger partial charge is 0.472 e. The fraction of sp³-hybridized carbons (Fsp3) is 0.942. The third-order valence-electron chi connectivity index (χ3n) is 16.0. The smallest absolute Gasteiger partial charge is 0.462 e. The van der Waals surface area contributed by atoms with E-state index in [-0.39, 0.29) is 25.7 Å². The zero-order valence-electron chi connectivity index (χ0n) is 57.0. The van der Waals surface area contributed by atoms with Gasteiger partial charge in [0.1, 0.15) is 19.3 Å². The molecule has 0 aromatic carbocycles. The molecule has 0 aromatic rings. The summed E-state index contributed by atoms with van der Waals surface area (Å²) in [7, 11) is -9.89. The van der Waals surface area contributed by atoms with Crippen LogP contribution < -0.4 is 0 Å². The summed E-state index contributed by atoms with van der Waals surface area (Å²) in [5.41, 5.74) is 0. The minimum atomic E-state index is -4.95. The highest BCUT2D eigenvalue weighted by Crippen LogP contribution is 2.45. The number of phosphoric ester groups is 2. The molecular formula is C69H134O17P2. The fourth-order valence-electron chi connectivity index (χ4n) is 10.4. The number of carbonyl (C=O) groups is 4. The predicted molar refractivity (Wildman–Crippen MR) is 354 cm³/mol. The lowest BCUT2D eigenvalue weighted by Gasteiger charge is -2.21. The van der Waals surface area contributed by atoms with E-state index < -0.39 is 97.5 Å². The van der Waals surface area contributed by atoms with Gasteiger partial charge in [-0.05, 0) is 37.5 Å². The van der Waals surface area contributed by atoms with E-state index in [2.05, 4.69) is 41.5 Å². The minimum Gasteiger partial charge on any atom is -0.462 e. The summed E-state index contributed by atoms with van der Waals surface area (Å²) in [6.45, 7) is 9.48. The normalized spacial score (nSPS) is 14.2. The summed E-state index contributed by atoms with van der Waals surface area (Å²) >= 11 is 0. The monoisotopic (exact) mass is 1300 g/mol. The first-order valence-corrected chi connectivity index (χ1v) is 39.0. The number of unbranched alkanes of at least 4 members (excludes halogenated alkanes) is 38. The van der Waals surface area contributed by atoms with Gasteiger partial charge >= 0.3 is 39.5 Å². The molecule has 0 fully saturated rings. The van der Waals surface area contributed by atoms with Crippen LogP contribution in [0.25, 0.3) is 0 Å². The summed E-state index contributed by atoms with van der Waals surface area (Å²) in [6.07, 6.45) is 45.9. The van der Waals surface area contributed by atoms with E-state index in [0.717, 1.165) is 115 Å². The molecule has 0 aromatic heterocycles. The Balaban J connectivity index is 5.21. The van der Waals surface area contributed by atoms with Gasteiger partial charge in [-0.1, -0.05) is 298 Å². The molecule has 5 atom stereocenters. The number of rotatable bonds is 68. The van der Waals surface area contributed by atoms with E-state index >= 15 is 0 Å². The van der Waals surface area contributed by atoms with E-state index in [4.69, 9.17) is 37.0 Å². The number of carbonyl (C=O) groups excluding carboxylic acids is 4. The molecule has 0 heterocycles. The van der Waals surface area contributed by atoms with Crippen LogP contribution in [0.2, 0.25) is 0 Å². The van der Waals surface area contributed by atoms with Crippen molar-refractivity contribution in [1.82, 2.24) is 0 Å². The summed E-state index contributed by atoms with van der Waals surface area (Å²) in [6, 6.07) is 0. The molecular weight excluding hydrogens is 1160 g/mol. The number of esters is 4. The number of aliphatic hydroxyl groups excluding tert-OH is 1. The molecule has 0 radical (unpaired) electrons. The van der Waals surface area contributed by atoms with Crippen molar-refractivity contribution in [2.45, 2.75) is 368 Å². The molecule has 2 unspecified atom stereocenters. The van der Waals surface area contributed by atoms with Crippen molar-refractivity contribution in [3.63, 3.8) is 0 Å². The molecule has 0 saturated heterocycles. The average molecular weight is 1300 g/mol. The maximum Gasteiger partial charge on any atom is 0.472 e. The van der Waals surface area contributed by atoms with Crippen LogP contribution in [0.5, 0.6) is 0 Å². The van der Waals surface area contributed by atoms with Crippen molar-refractivity contribution >= 4 is 39.5 Å². The van der Waals surface area contributed by atoms with Gasteiger partial charge < -0.3 is 33.8 Å². The third kappa shape index (κ3) is 62.8. The summed E-state index contributed by atoms with van der Waals surface area (Å²) in [4.78, 5) is 72.4. The molecule has 0 amide bonds. The quantitative estimate of drug-likeness (QED) is 0.0222. The van der Waals surface area contributed by atoms with Crippen LogP contribution in [0.1, 0.15) is 350 Å².